The van der Waals surface area contributed by atoms with Crippen LogP contribution in [0.4, 0.5) is 0 Å². The third kappa shape index (κ3) is 5.67. The second-order valence-corrected chi connectivity index (χ2v) is 20.2. The SMILES string of the molecule is C=C(C)[C@@H]1CC[C@]2(CCN(C)CC3CC3)CC[C@]3(C)[C@H](CC[C@@H]4[C@@]5(C)CC[C@H](OC(=O)CC(C)(C)C(=O)O)C(C)(C)[C@@H]5CC[C@]43C)[C@@H]12. The van der Waals surface area contributed by atoms with E-state index in [4.69, 9.17) is 4.74 Å². The molecule has 0 amide bonds. The Hall–Kier alpha value is -1.36. The molecule has 6 rings (SSSR count). The lowest BCUT2D eigenvalue weighted by Gasteiger charge is -2.73. The van der Waals surface area contributed by atoms with Crippen molar-refractivity contribution in [2.45, 2.75) is 151 Å². The predicted octanol–water partition coefficient (Wildman–Crippen LogP) is 9.79. The number of rotatable bonds is 10. The van der Waals surface area contributed by atoms with E-state index in [1.807, 2.05) is 0 Å². The summed E-state index contributed by atoms with van der Waals surface area (Å²) in [6, 6.07) is 0. The molecule has 0 heterocycles. The van der Waals surface area contributed by atoms with E-state index in [0.29, 0.717) is 34.0 Å². The first kappa shape index (κ1) is 35.5. The van der Waals surface area contributed by atoms with Crippen molar-refractivity contribution in [3.8, 4) is 0 Å². The van der Waals surface area contributed by atoms with Crippen molar-refractivity contribution < 1.29 is 19.4 Å². The number of allylic oxidation sites excluding steroid dienone is 1. The van der Waals surface area contributed by atoms with E-state index in [1.54, 1.807) is 13.8 Å². The number of carboxylic acid groups (broad SMARTS) is 1. The van der Waals surface area contributed by atoms with E-state index in [1.165, 1.54) is 89.3 Å². The van der Waals surface area contributed by atoms with E-state index >= 15 is 0 Å². The maximum Gasteiger partial charge on any atom is 0.309 e. The van der Waals surface area contributed by atoms with Crippen LogP contribution < -0.4 is 0 Å². The maximum atomic E-state index is 13.1. The van der Waals surface area contributed by atoms with Gasteiger partial charge in [-0.05, 0) is 175 Å². The summed E-state index contributed by atoms with van der Waals surface area (Å²) in [6.07, 6.45) is 16.6. The van der Waals surface area contributed by atoms with Gasteiger partial charge < -0.3 is 14.7 Å². The molecule has 6 aliphatic rings. The molecule has 266 valence electrons. The quantitative estimate of drug-likeness (QED) is 0.188. The second kappa shape index (κ2) is 11.9. The summed E-state index contributed by atoms with van der Waals surface area (Å²) in [5.41, 5.74) is 1.54. The minimum Gasteiger partial charge on any atom is -0.481 e. The Morgan fingerprint density at radius 2 is 1.57 bits per heavy atom. The van der Waals surface area contributed by atoms with E-state index in [0.717, 1.165) is 30.6 Å². The molecule has 6 aliphatic carbocycles. The molecule has 0 aliphatic heterocycles. The van der Waals surface area contributed by atoms with Crippen LogP contribution in [-0.4, -0.2) is 48.2 Å². The highest BCUT2D eigenvalue weighted by Crippen LogP contribution is 2.78. The summed E-state index contributed by atoms with van der Waals surface area (Å²) >= 11 is 0. The molecule has 10 atom stereocenters. The third-order valence-corrected chi connectivity index (χ3v) is 16.9. The van der Waals surface area contributed by atoms with Crippen LogP contribution >= 0.6 is 0 Å². The van der Waals surface area contributed by atoms with Crippen molar-refractivity contribution >= 4 is 11.9 Å². The number of aliphatic carboxylic acids is 1. The highest BCUT2D eigenvalue weighted by Gasteiger charge is 2.71. The number of hydrogen-bond acceptors (Lipinski definition) is 4. The van der Waals surface area contributed by atoms with Crippen molar-refractivity contribution in [2.75, 3.05) is 20.1 Å². The largest absolute Gasteiger partial charge is 0.481 e. The summed E-state index contributed by atoms with van der Waals surface area (Å²) < 4.78 is 6.20. The fourth-order valence-corrected chi connectivity index (χ4v) is 13.8. The van der Waals surface area contributed by atoms with Crippen molar-refractivity contribution in [3.63, 3.8) is 0 Å². The number of carbonyl (C=O) groups excluding carboxylic acids is 1. The average Bonchev–Trinajstić information content (AvgIpc) is 3.70. The Kier molecular flexibility index (Phi) is 8.95. The van der Waals surface area contributed by atoms with Gasteiger partial charge in [-0.25, -0.2) is 0 Å². The monoisotopic (exact) mass is 652 g/mol. The van der Waals surface area contributed by atoms with Gasteiger partial charge in [0.1, 0.15) is 6.10 Å². The molecule has 1 N–H and O–H groups in total. The van der Waals surface area contributed by atoms with E-state index in [-0.39, 0.29) is 29.3 Å². The molecule has 0 bridgehead atoms. The van der Waals surface area contributed by atoms with Gasteiger partial charge in [-0.15, -0.1) is 0 Å². The molecule has 0 radical (unpaired) electrons. The fraction of sp³-hybridized carbons (Fsp3) is 0.905. The third-order valence-electron chi connectivity index (χ3n) is 16.9. The van der Waals surface area contributed by atoms with Crippen LogP contribution in [0.5, 0.6) is 0 Å². The Balaban J connectivity index is 1.23. The lowest BCUT2D eigenvalue weighted by atomic mass is 9.32. The number of carbonyl (C=O) groups is 2. The van der Waals surface area contributed by atoms with Gasteiger partial charge in [0.15, 0.2) is 0 Å². The van der Waals surface area contributed by atoms with Gasteiger partial charge in [-0.3, -0.25) is 9.59 Å². The first-order chi connectivity index (χ1) is 21.8. The molecule has 5 heteroatoms. The van der Waals surface area contributed by atoms with Crippen LogP contribution in [0.1, 0.15) is 145 Å². The van der Waals surface area contributed by atoms with Gasteiger partial charge in [0.05, 0.1) is 11.8 Å². The van der Waals surface area contributed by atoms with Gasteiger partial charge in [0, 0.05) is 12.0 Å². The Bertz CT molecular complexity index is 1250. The Labute approximate surface area is 287 Å². The summed E-state index contributed by atoms with van der Waals surface area (Å²) in [5.74, 6) is 3.05. The molecule has 0 aromatic carbocycles. The molecule has 0 aromatic heterocycles. The fourth-order valence-electron chi connectivity index (χ4n) is 13.8. The predicted molar refractivity (Wildman–Crippen MR) is 190 cm³/mol. The number of nitrogens with zero attached hydrogens (tertiary/aromatic N) is 1. The zero-order valence-electron chi connectivity index (χ0n) is 31.7. The molecular weight excluding hydrogens is 582 g/mol. The molecule has 0 aromatic rings. The maximum absolute atomic E-state index is 13.1. The van der Waals surface area contributed by atoms with Gasteiger partial charge in [0.2, 0.25) is 0 Å². The molecular formula is C42H69NO4. The lowest BCUT2D eigenvalue weighted by Crippen LogP contribution is -2.66. The highest BCUT2D eigenvalue weighted by molar-refractivity contribution is 5.81. The zero-order valence-corrected chi connectivity index (χ0v) is 31.7. The van der Waals surface area contributed by atoms with Crippen molar-refractivity contribution in [1.82, 2.24) is 4.90 Å². The van der Waals surface area contributed by atoms with Crippen molar-refractivity contribution in [2.24, 2.45) is 68.0 Å². The van der Waals surface area contributed by atoms with Crippen molar-refractivity contribution in [1.29, 1.82) is 0 Å². The standard InChI is InChI=1S/C42H69NO4/c1-27(2)29-15-20-42(23-24-43(10)26-28-11-12-28)22-21-40(8)30(35(29)42)13-14-32-39(7)18-17-33(47-34(44)25-37(3,4)36(45)46)38(5,6)31(39)16-19-41(32,40)9/h28-33,35H,1,11-26H2,2-10H3,(H,45,46)/t29-,30+,31-,32+,33-,35+,39-,40+,41+,42+/m0/s1. The molecule has 47 heavy (non-hydrogen) atoms. The summed E-state index contributed by atoms with van der Waals surface area (Å²) in [5, 5.41) is 9.60. The number of fused-ring (bicyclic) bond motifs is 7. The second-order valence-electron chi connectivity index (χ2n) is 20.2. The Morgan fingerprint density at radius 1 is 0.872 bits per heavy atom. The van der Waals surface area contributed by atoms with Gasteiger partial charge in [-0.2, -0.15) is 0 Å². The van der Waals surface area contributed by atoms with E-state index in [9.17, 15) is 14.7 Å². The first-order valence-corrected chi connectivity index (χ1v) is 19.6. The minimum atomic E-state index is -1.11. The smallest absolute Gasteiger partial charge is 0.309 e. The summed E-state index contributed by atoms with van der Waals surface area (Å²) in [6.45, 7) is 25.5. The van der Waals surface area contributed by atoms with E-state index in [2.05, 4.69) is 60.1 Å². The summed E-state index contributed by atoms with van der Waals surface area (Å²) in [4.78, 5) is 27.4. The van der Waals surface area contributed by atoms with Crippen LogP contribution in [0.3, 0.4) is 0 Å². The number of carboxylic acids is 1. The molecule has 5 nitrogen and oxygen atoms in total. The molecule has 6 fully saturated rings. The zero-order chi connectivity index (χ0) is 34.4. The number of ether oxygens (including phenoxy) is 1. The number of hydrogen-bond donors (Lipinski definition) is 1. The van der Waals surface area contributed by atoms with Gasteiger partial charge >= 0.3 is 11.9 Å². The first-order valence-electron chi connectivity index (χ1n) is 19.6. The highest BCUT2D eigenvalue weighted by atomic mass is 16.5. The van der Waals surface area contributed by atoms with Gasteiger partial charge in [0.25, 0.3) is 0 Å². The number of esters is 1. The van der Waals surface area contributed by atoms with Crippen LogP contribution in [0.25, 0.3) is 0 Å². The topological polar surface area (TPSA) is 66.8 Å². The molecule has 0 saturated heterocycles. The van der Waals surface area contributed by atoms with Crippen LogP contribution in [-0.2, 0) is 14.3 Å². The van der Waals surface area contributed by atoms with Crippen molar-refractivity contribution in [3.05, 3.63) is 12.2 Å². The van der Waals surface area contributed by atoms with Crippen LogP contribution in [0.15, 0.2) is 12.2 Å². The molecule has 0 unspecified atom stereocenters. The average molecular weight is 652 g/mol. The van der Waals surface area contributed by atoms with E-state index < -0.39 is 11.4 Å². The Morgan fingerprint density at radius 3 is 2.21 bits per heavy atom. The minimum absolute atomic E-state index is 0.0814. The molecule has 6 saturated carbocycles. The normalized spacial score (nSPS) is 44.1. The van der Waals surface area contributed by atoms with Gasteiger partial charge in [-0.1, -0.05) is 46.8 Å². The van der Waals surface area contributed by atoms with Crippen LogP contribution in [0.2, 0.25) is 0 Å². The summed E-state index contributed by atoms with van der Waals surface area (Å²) in [7, 11) is 2.38. The molecule has 0 spiro atoms. The van der Waals surface area contributed by atoms with Crippen LogP contribution in [0, 0.1) is 68.0 Å². The lowest BCUT2D eigenvalue weighted by molar-refractivity contribution is -0.250.